The maximum Gasteiger partial charge on any atom is 0.161 e. The summed E-state index contributed by atoms with van der Waals surface area (Å²) in [5.41, 5.74) is 2.47. The molecule has 2 aromatic rings. The van der Waals surface area contributed by atoms with Gasteiger partial charge in [0, 0.05) is 6.54 Å². The van der Waals surface area contributed by atoms with Gasteiger partial charge in [-0.2, -0.15) is 0 Å². The number of fused-ring (bicyclic) bond motifs is 1. The van der Waals surface area contributed by atoms with E-state index in [0.29, 0.717) is 0 Å². The average molecular weight is 259 g/mol. The molecule has 0 radical (unpaired) electrons. The smallest absolute Gasteiger partial charge is 0.161 e. The summed E-state index contributed by atoms with van der Waals surface area (Å²) in [5.74, 6) is 2.45. The van der Waals surface area contributed by atoms with E-state index in [0.717, 1.165) is 30.2 Å². The van der Waals surface area contributed by atoms with E-state index in [1.165, 1.54) is 11.1 Å². The second-order valence-corrected chi connectivity index (χ2v) is 4.56. The number of hydrogen-bond donors (Lipinski definition) is 1. The van der Waals surface area contributed by atoms with Gasteiger partial charge in [-0.3, -0.25) is 0 Å². The Morgan fingerprint density at radius 2 is 2.00 bits per heavy atom. The molecule has 0 amide bonds. The number of hydrogen-bond acceptors (Lipinski definition) is 4. The van der Waals surface area contributed by atoms with Gasteiger partial charge in [-0.1, -0.05) is 0 Å². The first-order valence-electron chi connectivity index (χ1n) is 6.35. The van der Waals surface area contributed by atoms with Crippen LogP contribution in [0.1, 0.15) is 22.9 Å². The van der Waals surface area contributed by atoms with Gasteiger partial charge in [0.2, 0.25) is 0 Å². The van der Waals surface area contributed by atoms with E-state index in [-0.39, 0.29) is 6.04 Å². The van der Waals surface area contributed by atoms with Crippen molar-refractivity contribution in [1.29, 1.82) is 0 Å². The average Bonchev–Trinajstić information content (AvgIpc) is 2.99. The third kappa shape index (κ3) is 2.08. The molecule has 1 aliphatic rings. The summed E-state index contributed by atoms with van der Waals surface area (Å²) in [5, 5.41) is 3.48. The Morgan fingerprint density at radius 1 is 1.21 bits per heavy atom. The summed E-state index contributed by atoms with van der Waals surface area (Å²) in [6.07, 6.45) is 2.68. The minimum atomic E-state index is 0.0820. The normalized spacial score (nSPS) is 17.9. The standard InChI is InChI=1S/C15H17NO3/c1-17-13-8-10-5-6-16-15(12-4-3-7-19-12)11(10)9-14(13)18-2/h3-4,7-9,15-16H,5-6H2,1-2H3. The van der Waals surface area contributed by atoms with Gasteiger partial charge in [-0.05, 0) is 41.8 Å². The van der Waals surface area contributed by atoms with Crippen LogP contribution < -0.4 is 14.8 Å². The maximum absolute atomic E-state index is 5.53. The van der Waals surface area contributed by atoms with Crippen LogP contribution in [-0.2, 0) is 6.42 Å². The van der Waals surface area contributed by atoms with Gasteiger partial charge >= 0.3 is 0 Å². The van der Waals surface area contributed by atoms with Gasteiger partial charge in [-0.25, -0.2) is 0 Å². The quantitative estimate of drug-likeness (QED) is 0.920. The van der Waals surface area contributed by atoms with Crippen molar-refractivity contribution < 1.29 is 13.9 Å². The molecule has 1 unspecified atom stereocenters. The van der Waals surface area contributed by atoms with Gasteiger partial charge < -0.3 is 19.2 Å². The molecule has 4 heteroatoms. The first kappa shape index (κ1) is 12.1. The summed E-state index contributed by atoms with van der Waals surface area (Å²) in [6, 6.07) is 8.08. The zero-order chi connectivity index (χ0) is 13.2. The number of nitrogens with one attached hydrogen (secondary N) is 1. The lowest BCUT2D eigenvalue weighted by Gasteiger charge is -2.26. The van der Waals surface area contributed by atoms with Crippen LogP contribution in [0.3, 0.4) is 0 Å². The van der Waals surface area contributed by atoms with Crippen molar-refractivity contribution in [2.24, 2.45) is 0 Å². The fraction of sp³-hybridized carbons (Fsp3) is 0.333. The molecule has 0 saturated carbocycles. The summed E-state index contributed by atoms with van der Waals surface area (Å²) < 4.78 is 16.3. The van der Waals surface area contributed by atoms with Crippen molar-refractivity contribution in [3.8, 4) is 11.5 Å². The van der Waals surface area contributed by atoms with E-state index in [4.69, 9.17) is 13.9 Å². The van der Waals surface area contributed by atoms with Crippen LogP contribution in [0.15, 0.2) is 34.9 Å². The third-order valence-electron chi connectivity index (χ3n) is 3.53. The third-order valence-corrected chi connectivity index (χ3v) is 3.53. The Bertz CT molecular complexity index is 563. The SMILES string of the molecule is COc1cc2c(cc1OC)C(c1ccco1)NCC2. The lowest BCUT2D eigenvalue weighted by atomic mass is 9.92. The fourth-order valence-corrected chi connectivity index (χ4v) is 2.59. The van der Waals surface area contributed by atoms with Crippen molar-refractivity contribution in [2.45, 2.75) is 12.5 Å². The lowest BCUT2D eigenvalue weighted by Crippen LogP contribution is -2.30. The van der Waals surface area contributed by atoms with Crippen LogP contribution in [0.2, 0.25) is 0 Å². The highest BCUT2D eigenvalue weighted by molar-refractivity contribution is 5.50. The molecule has 1 aromatic heterocycles. The van der Waals surface area contributed by atoms with Gasteiger partial charge in [0.05, 0.1) is 26.5 Å². The topological polar surface area (TPSA) is 43.6 Å². The van der Waals surface area contributed by atoms with Crippen molar-refractivity contribution in [2.75, 3.05) is 20.8 Å². The molecule has 1 aromatic carbocycles. The van der Waals surface area contributed by atoms with E-state index >= 15 is 0 Å². The fourth-order valence-electron chi connectivity index (χ4n) is 2.59. The van der Waals surface area contributed by atoms with Crippen molar-refractivity contribution in [1.82, 2.24) is 5.32 Å². The van der Waals surface area contributed by atoms with Crippen LogP contribution in [-0.4, -0.2) is 20.8 Å². The Labute approximate surface area is 112 Å². The predicted molar refractivity (Wildman–Crippen MR) is 71.8 cm³/mol. The van der Waals surface area contributed by atoms with Gasteiger partial charge in [0.1, 0.15) is 5.76 Å². The summed E-state index contributed by atoms with van der Waals surface area (Å²) >= 11 is 0. The zero-order valence-electron chi connectivity index (χ0n) is 11.1. The Kier molecular flexibility index (Phi) is 3.17. The molecule has 1 N–H and O–H groups in total. The van der Waals surface area contributed by atoms with Crippen molar-refractivity contribution in [3.05, 3.63) is 47.4 Å². The number of furan rings is 1. The second kappa shape index (κ2) is 4.97. The van der Waals surface area contributed by atoms with Gasteiger partial charge in [0.25, 0.3) is 0 Å². The molecule has 0 fully saturated rings. The molecule has 1 atom stereocenters. The minimum absolute atomic E-state index is 0.0820. The Hall–Kier alpha value is -1.94. The van der Waals surface area contributed by atoms with Gasteiger partial charge in [0.15, 0.2) is 11.5 Å². The molecule has 0 saturated heterocycles. The molecule has 100 valence electrons. The van der Waals surface area contributed by atoms with Crippen LogP contribution in [0.4, 0.5) is 0 Å². The molecule has 19 heavy (non-hydrogen) atoms. The number of rotatable bonds is 3. The van der Waals surface area contributed by atoms with Gasteiger partial charge in [-0.15, -0.1) is 0 Å². The molecular formula is C15H17NO3. The van der Waals surface area contributed by atoms with E-state index in [1.54, 1.807) is 20.5 Å². The first-order valence-corrected chi connectivity index (χ1v) is 6.35. The zero-order valence-corrected chi connectivity index (χ0v) is 11.1. The minimum Gasteiger partial charge on any atom is -0.493 e. The Balaban J connectivity index is 2.08. The molecule has 2 heterocycles. The number of ether oxygens (including phenoxy) is 2. The Morgan fingerprint density at radius 3 is 2.68 bits per heavy atom. The highest BCUT2D eigenvalue weighted by Crippen LogP contribution is 2.37. The summed E-state index contributed by atoms with van der Waals surface area (Å²) in [4.78, 5) is 0. The van der Waals surface area contributed by atoms with Crippen LogP contribution in [0.5, 0.6) is 11.5 Å². The number of methoxy groups -OCH3 is 2. The molecule has 1 aliphatic heterocycles. The monoisotopic (exact) mass is 259 g/mol. The maximum atomic E-state index is 5.53. The first-order chi connectivity index (χ1) is 9.33. The van der Waals surface area contributed by atoms with Crippen LogP contribution in [0.25, 0.3) is 0 Å². The molecular weight excluding hydrogens is 242 g/mol. The predicted octanol–water partition coefficient (Wildman–Crippen LogP) is 2.53. The van der Waals surface area contributed by atoms with E-state index in [9.17, 15) is 0 Å². The summed E-state index contributed by atoms with van der Waals surface area (Å²) in [7, 11) is 3.32. The van der Waals surface area contributed by atoms with Crippen molar-refractivity contribution >= 4 is 0 Å². The van der Waals surface area contributed by atoms with Crippen LogP contribution >= 0.6 is 0 Å². The highest BCUT2D eigenvalue weighted by atomic mass is 16.5. The molecule has 0 spiro atoms. The highest BCUT2D eigenvalue weighted by Gasteiger charge is 2.25. The number of benzene rings is 1. The largest absolute Gasteiger partial charge is 0.493 e. The van der Waals surface area contributed by atoms with Crippen molar-refractivity contribution in [3.63, 3.8) is 0 Å². The molecule has 3 rings (SSSR count). The molecule has 4 nitrogen and oxygen atoms in total. The lowest BCUT2D eigenvalue weighted by molar-refractivity contribution is 0.351. The van der Waals surface area contributed by atoms with E-state index < -0.39 is 0 Å². The molecule has 0 aliphatic carbocycles. The van der Waals surface area contributed by atoms with Crippen LogP contribution in [0, 0.1) is 0 Å². The summed E-state index contributed by atoms with van der Waals surface area (Å²) in [6.45, 7) is 0.924. The van der Waals surface area contributed by atoms with E-state index in [2.05, 4.69) is 11.4 Å². The second-order valence-electron chi connectivity index (χ2n) is 4.56. The van der Waals surface area contributed by atoms with E-state index in [1.807, 2.05) is 18.2 Å². The molecule has 0 bridgehead atoms.